The molecule has 3 heterocycles. The third-order valence-corrected chi connectivity index (χ3v) is 3.73. The number of hydrogen-bond acceptors (Lipinski definition) is 5. The molecule has 0 fully saturated rings. The summed E-state index contributed by atoms with van der Waals surface area (Å²) in [5.74, 6) is -0.756. The molecular weight excluding hydrogens is 321 g/mol. The summed E-state index contributed by atoms with van der Waals surface area (Å²) in [5.41, 5.74) is 4.95. The number of carbonyl (C=O) groups is 1. The van der Waals surface area contributed by atoms with Gasteiger partial charge < -0.3 is 5.73 Å². The van der Waals surface area contributed by atoms with Crippen LogP contribution in [0.15, 0.2) is 23.7 Å². The Hall–Kier alpha value is -2.69. The number of thiophene rings is 1. The highest BCUT2D eigenvalue weighted by Gasteiger charge is 2.38. The molecule has 22 heavy (non-hydrogen) atoms. The summed E-state index contributed by atoms with van der Waals surface area (Å²) < 4.78 is 39.1. The normalized spacial score (nSPS) is 11.8. The number of H-pyrrole nitrogens is 1. The second kappa shape index (κ2) is 4.94. The number of aromatic amines is 1. The molecule has 1 amide bonds. The van der Waals surface area contributed by atoms with Crippen LogP contribution in [-0.4, -0.2) is 31.1 Å². The van der Waals surface area contributed by atoms with Gasteiger partial charge in [0.25, 0.3) is 0 Å². The molecule has 0 unspecified atom stereocenters. The minimum absolute atomic E-state index is 0.0705. The van der Waals surface area contributed by atoms with Gasteiger partial charge in [-0.05, 0) is 17.5 Å². The first kappa shape index (κ1) is 14.3. The molecular formula is C11H7F3N6OS. The fraction of sp³-hybridized carbons (Fsp3) is 0.0909. The maximum Gasteiger partial charge on any atom is 0.506 e. The number of hydrogen-bond donors (Lipinski definition) is 2. The van der Waals surface area contributed by atoms with E-state index in [1.165, 1.54) is 18.3 Å². The molecule has 0 bridgehead atoms. The maximum atomic E-state index is 13.1. The van der Waals surface area contributed by atoms with Gasteiger partial charge in [-0.2, -0.15) is 5.10 Å². The topological polar surface area (TPSA) is 102 Å². The zero-order chi connectivity index (χ0) is 15.9. The molecule has 0 aliphatic heterocycles. The molecule has 3 aromatic heterocycles. The predicted molar refractivity (Wildman–Crippen MR) is 70.7 cm³/mol. The number of nitrogens with zero attached hydrogens (tertiary/aromatic N) is 4. The van der Waals surface area contributed by atoms with Gasteiger partial charge in [-0.3, -0.25) is 9.89 Å². The van der Waals surface area contributed by atoms with E-state index < -0.39 is 12.2 Å². The number of amides is 1. The van der Waals surface area contributed by atoms with E-state index in [2.05, 4.69) is 20.5 Å². The van der Waals surface area contributed by atoms with Crippen molar-refractivity contribution in [2.45, 2.75) is 6.30 Å². The lowest BCUT2D eigenvalue weighted by Crippen LogP contribution is -2.19. The third-order valence-electron chi connectivity index (χ3n) is 2.81. The first-order valence-electron chi connectivity index (χ1n) is 5.80. The van der Waals surface area contributed by atoms with Crippen molar-refractivity contribution in [1.29, 1.82) is 0 Å². The average Bonchev–Trinajstić information content (AvgIpc) is 3.17. The van der Waals surface area contributed by atoms with Crippen molar-refractivity contribution >= 4 is 17.2 Å². The van der Waals surface area contributed by atoms with E-state index in [-0.39, 0.29) is 32.2 Å². The van der Waals surface area contributed by atoms with Gasteiger partial charge >= 0.3 is 6.30 Å². The highest BCUT2D eigenvalue weighted by atomic mass is 32.1. The molecule has 7 nitrogen and oxygen atoms in total. The summed E-state index contributed by atoms with van der Waals surface area (Å²) in [5, 5.41) is 14.3. The Morgan fingerprint density at radius 3 is 2.73 bits per heavy atom. The van der Waals surface area contributed by atoms with Crippen LogP contribution in [0.5, 0.6) is 0 Å². The van der Waals surface area contributed by atoms with Crippen molar-refractivity contribution in [3.63, 3.8) is 0 Å². The highest BCUT2D eigenvalue weighted by Crippen LogP contribution is 2.38. The molecule has 0 aliphatic rings. The maximum absolute atomic E-state index is 13.1. The first-order valence-corrected chi connectivity index (χ1v) is 6.68. The summed E-state index contributed by atoms with van der Waals surface area (Å²) in [6.45, 7) is 0. The zero-order valence-corrected chi connectivity index (χ0v) is 11.4. The summed E-state index contributed by atoms with van der Waals surface area (Å²) in [6.07, 6.45) is -3.47. The molecule has 3 N–H and O–H groups in total. The smallest absolute Gasteiger partial charge is 0.366 e. The lowest BCUT2D eigenvalue weighted by atomic mass is 10.1. The molecule has 11 heteroatoms. The number of alkyl halides is 3. The summed E-state index contributed by atoms with van der Waals surface area (Å²) in [4.78, 5) is 11.6. The average molecular weight is 328 g/mol. The molecule has 0 aliphatic carbocycles. The van der Waals surface area contributed by atoms with E-state index in [0.717, 1.165) is 11.3 Å². The van der Waals surface area contributed by atoms with Crippen molar-refractivity contribution in [2.24, 2.45) is 5.73 Å². The Balaban J connectivity index is 2.27. The van der Waals surface area contributed by atoms with E-state index in [1.54, 1.807) is 5.38 Å². The van der Waals surface area contributed by atoms with Crippen molar-refractivity contribution in [3.8, 4) is 22.0 Å². The van der Waals surface area contributed by atoms with Crippen LogP contribution in [0.2, 0.25) is 0 Å². The molecule has 0 spiro atoms. The Kier molecular flexibility index (Phi) is 3.20. The largest absolute Gasteiger partial charge is 0.506 e. The summed E-state index contributed by atoms with van der Waals surface area (Å²) in [6, 6.07) is 2.77. The number of nitrogens with one attached hydrogen (secondary N) is 1. The Morgan fingerprint density at radius 2 is 2.14 bits per heavy atom. The molecule has 0 saturated heterocycles. The van der Waals surface area contributed by atoms with Crippen LogP contribution in [0.25, 0.3) is 22.0 Å². The van der Waals surface area contributed by atoms with Gasteiger partial charge in [0.2, 0.25) is 5.91 Å². The lowest BCUT2D eigenvalue weighted by Gasteiger charge is -2.09. The summed E-state index contributed by atoms with van der Waals surface area (Å²) in [7, 11) is 0. The minimum Gasteiger partial charge on any atom is -0.366 e. The fourth-order valence-corrected chi connectivity index (χ4v) is 2.81. The number of nitrogens with two attached hydrogens (primary N) is 1. The van der Waals surface area contributed by atoms with Gasteiger partial charge in [0.05, 0.1) is 16.1 Å². The quantitative estimate of drug-likeness (QED) is 0.767. The highest BCUT2D eigenvalue weighted by molar-refractivity contribution is 7.14. The number of carbonyl (C=O) groups excluding carboxylic acids is 1. The predicted octanol–water partition coefficient (Wildman–Crippen LogP) is 1.97. The standard InChI is InChI=1S/C11H7F3N6OS/c12-11(13,14)20-8(6-1-3-16-17-6)7(18-19-20)9-5(10(15)21)2-4-22-9/h1-4H,(H2,15,21)(H,16,17). The van der Waals surface area contributed by atoms with Gasteiger partial charge in [0.15, 0.2) is 0 Å². The van der Waals surface area contributed by atoms with Crippen LogP contribution in [0.1, 0.15) is 10.4 Å². The SMILES string of the molecule is NC(=O)c1ccsc1-c1nnn(C(F)(F)F)c1-c1ccn[nH]1. The van der Waals surface area contributed by atoms with Crippen LogP contribution < -0.4 is 5.73 Å². The van der Waals surface area contributed by atoms with Gasteiger partial charge in [0, 0.05) is 6.20 Å². The van der Waals surface area contributed by atoms with Crippen LogP contribution in [0.3, 0.4) is 0 Å². The van der Waals surface area contributed by atoms with E-state index in [4.69, 9.17) is 5.73 Å². The van der Waals surface area contributed by atoms with E-state index in [9.17, 15) is 18.0 Å². The Labute approximate surface area is 124 Å². The van der Waals surface area contributed by atoms with Crippen LogP contribution >= 0.6 is 11.3 Å². The van der Waals surface area contributed by atoms with Crippen molar-refractivity contribution in [2.75, 3.05) is 0 Å². The van der Waals surface area contributed by atoms with Crippen molar-refractivity contribution in [3.05, 3.63) is 29.3 Å². The van der Waals surface area contributed by atoms with Gasteiger partial charge in [-0.1, -0.05) is 5.21 Å². The van der Waals surface area contributed by atoms with E-state index in [1.807, 2.05) is 0 Å². The minimum atomic E-state index is -4.77. The number of aromatic nitrogens is 5. The van der Waals surface area contributed by atoms with Gasteiger partial charge in [0.1, 0.15) is 11.4 Å². The van der Waals surface area contributed by atoms with Crippen LogP contribution in [-0.2, 0) is 6.30 Å². The summed E-state index contributed by atoms with van der Waals surface area (Å²) >= 11 is 1.05. The number of rotatable bonds is 3. The lowest BCUT2D eigenvalue weighted by molar-refractivity contribution is -0.211. The third kappa shape index (κ3) is 2.24. The van der Waals surface area contributed by atoms with Gasteiger partial charge in [-0.15, -0.1) is 34.3 Å². The van der Waals surface area contributed by atoms with Crippen LogP contribution in [0.4, 0.5) is 13.2 Å². The van der Waals surface area contributed by atoms with Crippen LogP contribution in [0, 0.1) is 0 Å². The number of halogens is 3. The molecule has 3 rings (SSSR count). The molecule has 3 aromatic rings. The Bertz CT molecular complexity index is 819. The fourth-order valence-electron chi connectivity index (χ4n) is 1.93. The monoisotopic (exact) mass is 328 g/mol. The molecule has 114 valence electrons. The molecule has 0 atom stereocenters. The molecule has 0 aromatic carbocycles. The van der Waals surface area contributed by atoms with Gasteiger partial charge in [-0.25, -0.2) is 0 Å². The molecule has 0 radical (unpaired) electrons. The molecule has 0 saturated carbocycles. The van der Waals surface area contributed by atoms with Crippen molar-refractivity contribution < 1.29 is 18.0 Å². The van der Waals surface area contributed by atoms with Crippen molar-refractivity contribution in [1.82, 2.24) is 25.2 Å². The zero-order valence-electron chi connectivity index (χ0n) is 10.6. The van der Waals surface area contributed by atoms with E-state index in [0.29, 0.717) is 0 Å². The first-order chi connectivity index (χ1) is 10.4. The second-order valence-corrected chi connectivity index (χ2v) is 5.08. The van der Waals surface area contributed by atoms with E-state index >= 15 is 0 Å². The second-order valence-electron chi connectivity index (χ2n) is 4.16. The Morgan fingerprint density at radius 1 is 1.36 bits per heavy atom. The number of primary amides is 1.